The fraction of sp³-hybridized carbons (Fsp3) is 0.273. The Hall–Kier alpha value is -4.92. The van der Waals surface area contributed by atoms with Gasteiger partial charge in [0, 0.05) is 23.4 Å². The zero-order valence-corrected chi connectivity index (χ0v) is 24.0. The fourth-order valence-corrected chi connectivity index (χ4v) is 4.24. The van der Waals surface area contributed by atoms with Gasteiger partial charge in [0.15, 0.2) is 0 Å². The molecule has 0 aliphatic heterocycles. The van der Waals surface area contributed by atoms with Crippen LogP contribution in [0.2, 0.25) is 0 Å². The summed E-state index contributed by atoms with van der Waals surface area (Å²) in [6.45, 7) is 6.85. The first-order valence-electron chi connectivity index (χ1n) is 13.5. The van der Waals surface area contributed by atoms with E-state index < -0.39 is 41.7 Å². The normalized spacial score (nSPS) is 11.9. The Morgan fingerprint density at radius 1 is 0.905 bits per heavy atom. The zero-order chi connectivity index (χ0) is 30.3. The molecule has 4 aromatic rings. The highest BCUT2D eigenvalue weighted by Crippen LogP contribution is 2.26. The number of rotatable bonds is 9. The molecule has 1 unspecified atom stereocenters. The van der Waals surface area contributed by atoms with Crippen LogP contribution >= 0.6 is 0 Å². The number of benzene rings is 3. The van der Waals surface area contributed by atoms with Crippen molar-refractivity contribution in [2.45, 2.75) is 58.8 Å². The number of amides is 1. The molecule has 1 N–H and O–H groups in total. The number of hydrogen-bond donors (Lipinski definition) is 1. The number of aryl methyl sites for hydroxylation is 1. The largest absolute Gasteiger partial charge is 0.461 e. The van der Waals surface area contributed by atoms with Gasteiger partial charge in [-0.1, -0.05) is 60.7 Å². The summed E-state index contributed by atoms with van der Waals surface area (Å²) in [4.78, 5) is 51.0. The van der Waals surface area contributed by atoms with Gasteiger partial charge in [-0.2, -0.15) is 0 Å². The standard InChI is InChI=1S/C33H33NO8/c1-21-25-16-15-24(18-28(25)41-30(36)26(21)17-22-11-7-5-8-12-22)40-31(37)27(34-32(38)42-33(2,3)4)19-29(35)39-20-23-13-9-6-10-14-23/h5-16,18,27H,17,19-20H2,1-4H3,(H,34,38). The second-order valence-corrected chi connectivity index (χ2v) is 10.8. The van der Waals surface area contributed by atoms with E-state index in [-0.39, 0.29) is 17.9 Å². The summed E-state index contributed by atoms with van der Waals surface area (Å²) in [7, 11) is 0. The molecule has 0 spiro atoms. The van der Waals surface area contributed by atoms with Crippen LogP contribution in [0.5, 0.6) is 5.75 Å². The molecule has 9 nitrogen and oxygen atoms in total. The molecular weight excluding hydrogens is 538 g/mol. The Morgan fingerprint density at radius 2 is 1.55 bits per heavy atom. The zero-order valence-electron chi connectivity index (χ0n) is 24.0. The lowest BCUT2D eigenvalue weighted by Gasteiger charge is -2.22. The van der Waals surface area contributed by atoms with Crippen molar-refractivity contribution < 1.29 is 33.0 Å². The number of ether oxygens (including phenoxy) is 3. The van der Waals surface area contributed by atoms with Crippen LogP contribution in [-0.2, 0) is 32.1 Å². The van der Waals surface area contributed by atoms with E-state index in [1.165, 1.54) is 6.07 Å². The molecule has 0 aliphatic carbocycles. The summed E-state index contributed by atoms with van der Waals surface area (Å²) in [6.07, 6.45) is -0.971. The van der Waals surface area contributed by atoms with Gasteiger partial charge in [0.1, 0.15) is 29.6 Å². The van der Waals surface area contributed by atoms with Crippen molar-refractivity contribution in [2.24, 2.45) is 0 Å². The van der Waals surface area contributed by atoms with Crippen LogP contribution in [0.1, 0.15) is 49.4 Å². The van der Waals surface area contributed by atoms with Crippen molar-refractivity contribution in [1.82, 2.24) is 5.32 Å². The van der Waals surface area contributed by atoms with Crippen molar-refractivity contribution in [1.29, 1.82) is 0 Å². The molecule has 0 fully saturated rings. The molecule has 1 atom stereocenters. The maximum Gasteiger partial charge on any atom is 0.408 e. The third-order valence-electron chi connectivity index (χ3n) is 6.29. The molecule has 42 heavy (non-hydrogen) atoms. The molecule has 1 amide bonds. The molecule has 1 heterocycles. The van der Waals surface area contributed by atoms with Crippen molar-refractivity contribution in [3.63, 3.8) is 0 Å². The van der Waals surface area contributed by atoms with Gasteiger partial charge in [-0.3, -0.25) is 4.79 Å². The van der Waals surface area contributed by atoms with Crippen LogP contribution in [0.15, 0.2) is 88.1 Å². The first kappa shape index (κ1) is 30.0. The highest BCUT2D eigenvalue weighted by molar-refractivity contribution is 5.88. The summed E-state index contributed by atoms with van der Waals surface area (Å²) in [6, 6.07) is 21.9. The predicted octanol–water partition coefficient (Wildman–Crippen LogP) is 5.62. The van der Waals surface area contributed by atoms with E-state index in [9.17, 15) is 19.2 Å². The van der Waals surface area contributed by atoms with Crippen LogP contribution in [0, 0.1) is 6.92 Å². The number of fused-ring (bicyclic) bond motifs is 1. The van der Waals surface area contributed by atoms with Crippen molar-refractivity contribution in [3.8, 4) is 5.75 Å². The molecule has 0 radical (unpaired) electrons. The van der Waals surface area contributed by atoms with Gasteiger partial charge in [0.05, 0.1) is 6.42 Å². The maximum absolute atomic E-state index is 13.2. The lowest BCUT2D eigenvalue weighted by Crippen LogP contribution is -2.46. The van der Waals surface area contributed by atoms with E-state index >= 15 is 0 Å². The topological polar surface area (TPSA) is 121 Å². The van der Waals surface area contributed by atoms with Gasteiger partial charge in [0.25, 0.3) is 0 Å². The smallest absolute Gasteiger partial charge is 0.408 e. The van der Waals surface area contributed by atoms with E-state index in [0.29, 0.717) is 17.4 Å². The van der Waals surface area contributed by atoms with Gasteiger partial charge in [-0.15, -0.1) is 0 Å². The number of alkyl carbamates (subject to hydrolysis) is 1. The van der Waals surface area contributed by atoms with E-state index in [2.05, 4.69) is 5.32 Å². The lowest BCUT2D eigenvalue weighted by atomic mass is 10.00. The summed E-state index contributed by atoms with van der Waals surface area (Å²) in [5.41, 5.74) is 1.95. The third-order valence-corrected chi connectivity index (χ3v) is 6.29. The van der Waals surface area contributed by atoms with Crippen LogP contribution in [0.25, 0.3) is 11.0 Å². The molecule has 4 rings (SSSR count). The Morgan fingerprint density at radius 3 is 2.19 bits per heavy atom. The van der Waals surface area contributed by atoms with E-state index in [1.54, 1.807) is 45.0 Å². The van der Waals surface area contributed by atoms with Crippen molar-refractivity contribution in [3.05, 3.63) is 112 Å². The minimum Gasteiger partial charge on any atom is -0.461 e. The molecule has 9 heteroatoms. The Kier molecular flexibility index (Phi) is 9.42. The van der Waals surface area contributed by atoms with Crippen LogP contribution in [-0.4, -0.2) is 29.7 Å². The SMILES string of the molecule is Cc1c(Cc2ccccc2)c(=O)oc2cc(OC(=O)C(CC(=O)OCc3ccccc3)NC(=O)OC(C)(C)C)ccc12. The minimum atomic E-state index is -1.40. The van der Waals surface area contributed by atoms with E-state index in [1.807, 2.05) is 55.5 Å². The molecule has 0 saturated heterocycles. The van der Waals surface area contributed by atoms with Gasteiger partial charge in [-0.05, 0) is 56.5 Å². The Labute approximate surface area is 243 Å². The number of nitrogens with one attached hydrogen (secondary N) is 1. The number of carbonyl (C=O) groups excluding carboxylic acids is 3. The fourth-order valence-electron chi connectivity index (χ4n) is 4.24. The number of hydrogen-bond acceptors (Lipinski definition) is 8. The first-order valence-corrected chi connectivity index (χ1v) is 13.5. The average Bonchev–Trinajstić information content (AvgIpc) is 2.94. The number of esters is 2. The van der Waals surface area contributed by atoms with Crippen molar-refractivity contribution >= 4 is 29.0 Å². The van der Waals surface area contributed by atoms with Crippen LogP contribution in [0.4, 0.5) is 4.79 Å². The molecular formula is C33H33NO8. The summed E-state index contributed by atoms with van der Waals surface area (Å²) in [5, 5.41) is 3.09. The van der Waals surface area contributed by atoms with E-state index in [0.717, 1.165) is 16.7 Å². The monoisotopic (exact) mass is 571 g/mol. The first-order chi connectivity index (χ1) is 20.0. The third kappa shape index (κ3) is 8.30. The minimum absolute atomic E-state index is 0.00317. The predicted molar refractivity (Wildman–Crippen MR) is 156 cm³/mol. The second kappa shape index (κ2) is 13.2. The van der Waals surface area contributed by atoms with Gasteiger partial charge >= 0.3 is 23.7 Å². The highest BCUT2D eigenvalue weighted by atomic mass is 16.6. The van der Waals surface area contributed by atoms with Gasteiger partial charge in [0.2, 0.25) is 0 Å². The molecule has 0 aliphatic rings. The van der Waals surface area contributed by atoms with Crippen LogP contribution < -0.4 is 15.7 Å². The van der Waals surface area contributed by atoms with E-state index in [4.69, 9.17) is 18.6 Å². The van der Waals surface area contributed by atoms with Gasteiger partial charge < -0.3 is 23.9 Å². The Balaban J connectivity index is 1.51. The van der Waals surface area contributed by atoms with Crippen molar-refractivity contribution in [2.75, 3.05) is 0 Å². The van der Waals surface area contributed by atoms with Crippen LogP contribution in [0.3, 0.4) is 0 Å². The Bertz CT molecular complexity index is 1620. The quantitative estimate of drug-likeness (QED) is 0.156. The average molecular weight is 572 g/mol. The lowest BCUT2D eigenvalue weighted by molar-refractivity contribution is -0.149. The van der Waals surface area contributed by atoms with Gasteiger partial charge in [-0.25, -0.2) is 14.4 Å². The number of carbonyl (C=O) groups is 3. The molecule has 1 aromatic heterocycles. The summed E-state index contributed by atoms with van der Waals surface area (Å²) in [5.74, 6) is -1.57. The molecule has 0 bridgehead atoms. The summed E-state index contributed by atoms with van der Waals surface area (Å²) >= 11 is 0. The maximum atomic E-state index is 13.2. The highest BCUT2D eigenvalue weighted by Gasteiger charge is 2.29. The molecule has 218 valence electrons. The summed E-state index contributed by atoms with van der Waals surface area (Å²) < 4.78 is 21.6. The molecule has 0 saturated carbocycles. The molecule has 3 aromatic carbocycles. The second-order valence-electron chi connectivity index (χ2n) is 10.8.